The number of carbonyl (C=O) groups excluding carboxylic acids is 2. The molecule has 0 atom stereocenters. The maximum Gasteiger partial charge on any atom is 0.337 e. The van der Waals surface area contributed by atoms with Crippen LogP contribution in [0.25, 0.3) is 0 Å². The number of nitrogens with one attached hydrogen (secondary N) is 2. The molecular formula is C20H18N4O3. The summed E-state index contributed by atoms with van der Waals surface area (Å²) in [6, 6.07) is 16.4. The van der Waals surface area contributed by atoms with E-state index in [-0.39, 0.29) is 11.6 Å². The molecule has 0 aliphatic carbocycles. The van der Waals surface area contributed by atoms with Gasteiger partial charge in [0.05, 0.1) is 25.1 Å². The molecule has 0 aliphatic rings. The fourth-order valence-corrected chi connectivity index (χ4v) is 2.37. The van der Waals surface area contributed by atoms with Gasteiger partial charge in [-0.1, -0.05) is 36.4 Å². The molecule has 0 unspecified atom stereocenters. The lowest BCUT2D eigenvalue weighted by molar-refractivity contribution is 0.0600. The van der Waals surface area contributed by atoms with Crippen LogP contribution in [-0.4, -0.2) is 29.0 Å². The highest BCUT2D eigenvalue weighted by atomic mass is 16.5. The molecule has 1 amide bonds. The Hall–Kier alpha value is -3.74. The normalized spacial score (nSPS) is 10.1. The van der Waals surface area contributed by atoms with Gasteiger partial charge in [0.15, 0.2) is 0 Å². The number of carbonyl (C=O) groups is 2. The van der Waals surface area contributed by atoms with Crippen LogP contribution in [0.1, 0.15) is 26.4 Å². The van der Waals surface area contributed by atoms with Gasteiger partial charge in [-0.15, -0.1) is 0 Å². The Morgan fingerprint density at radius 3 is 2.52 bits per heavy atom. The second kappa shape index (κ2) is 8.57. The fourth-order valence-electron chi connectivity index (χ4n) is 2.37. The average Bonchev–Trinajstić information content (AvgIpc) is 2.73. The molecule has 3 aromatic rings. The molecule has 1 heterocycles. The molecule has 2 aromatic carbocycles. The van der Waals surface area contributed by atoms with Crippen molar-refractivity contribution in [2.24, 2.45) is 0 Å². The van der Waals surface area contributed by atoms with E-state index in [9.17, 15) is 9.59 Å². The number of hydrogen-bond acceptors (Lipinski definition) is 6. The molecule has 0 fully saturated rings. The smallest absolute Gasteiger partial charge is 0.337 e. The van der Waals surface area contributed by atoms with E-state index in [1.807, 2.05) is 30.3 Å². The van der Waals surface area contributed by atoms with Crippen LogP contribution in [0.15, 0.2) is 67.0 Å². The molecule has 0 radical (unpaired) electrons. The number of aromatic nitrogens is 2. The third-order valence-electron chi connectivity index (χ3n) is 3.74. The van der Waals surface area contributed by atoms with Gasteiger partial charge in [-0.05, 0) is 23.8 Å². The quantitative estimate of drug-likeness (QED) is 0.655. The Bertz CT molecular complexity index is 927. The fraction of sp³-hybridized carbons (Fsp3) is 0.100. The van der Waals surface area contributed by atoms with Gasteiger partial charge in [0, 0.05) is 12.2 Å². The van der Waals surface area contributed by atoms with Gasteiger partial charge in [-0.3, -0.25) is 4.79 Å². The number of rotatable bonds is 6. The van der Waals surface area contributed by atoms with E-state index in [1.165, 1.54) is 19.5 Å². The number of ether oxygens (including phenoxy) is 1. The standard InChI is InChI=1S/C20H18N4O3/c1-27-20(26)15-8-5-9-16(10-15)24-18-13-21-17(12-22-18)19(25)23-11-14-6-3-2-4-7-14/h2-10,12-13H,11H2,1H3,(H,22,24)(H,23,25). The third kappa shape index (κ3) is 4.88. The SMILES string of the molecule is COC(=O)c1cccc(Nc2cnc(C(=O)NCc3ccccc3)cn2)c1. The van der Waals surface area contributed by atoms with Crippen molar-refractivity contribution in [3.05, 3.63) is 83.8 Å². The Labute approximate surface area is 156 Å². The molecular weight excluding hydrogens is 344 g/mol. The Morgan fingerprint density at radius 2 is 1.81 bits per heavy atom. The Balaban J connectivity index is 1.61. The van der Waals surface area contributed by atoms with Gasteiger partial charge >= 0.3 is 5.97 Å². The predicted molar refractivity (Wildman–Crippen MR) is 101 cm³/mol. The molecule has 0 spiro atoms. The van der Waals surface area contributed by atoms with E-state index in [4.69, 9.17) is 4.74 Å². The van der Waals surface area contributed by atoms with Crippen LogP contribution in [-0.2, 0) is 11.3 Å². The largest absolute Gasteiger partial charge is 0.465 e. The highest BCUT2D eigenvalue weighted by Gasteiger charge is 2.09. The molecule has 2 N–H and O–H groups in total. The van der Waals surface area contributed by atoms with Crippen LogP contribution >= 0.6 is 0 Å². The first kappa shape index (κ1) is 18.1. The molecule has 3 rings (SSSR count). The zero-order valence-electron chi connectivity index (χ0n) is 14.7. The summed E-state index contributed by atoms with van der Waals surface area (Å²) in [5.41, 5.74) is 2.31. The lowest BCUT2D eigenvalue weighted by Crippen LogP contribution is -2.24. The molecule has 7 heteroatoms. The number of methoxy groups -OCH3 is 1. The Kier molecular flexibility index (Phi) is 5.73. The molecule has 1 aromatic heterocycles. The average molecular weight is 362 g/mol. The summed E-state index contributed by atoms with van der Waals surface area (Å²) < 4.78 is 4.70. The van der Waals surface area contributed by atoms with Gasteiger partial charge in [0.25, 0.3) is 5.91 Å². The molecule has 136 valence electrons. The van der Waals surface area contributed by atoms with Crippen molar-refractivity contribution in [3.8, 4) is 0 Å². The topological polar surface area (TPSA) is 93.2 Å². The lowest BCUT2D eigenvalue weighted by Gasteiger charge is -2.08. The summed E-state index contributed by atoms with van der Waals surface area (Å²) in [5, 5.41) is 5.83. The van der Waals surface area contributed by atoms with Crippen LogP contribution in [0, 0.1) is 0 Å². The molecule has 0 aliphatic heterocycles. The van der Waals surface area contributed by atoms with Crippen molar-refractivity contribution in [3.63, 3.8) is 0 Å². The molecule has 0 saturated carbocycles. The lowest BCUT2D eigenvalue weighted by atomic mass is 10.2. The number of esters is 1. The second-order valence-electron chi connectivity index (χ2n) is 5.65. The summed E-state index contributed by atoms with van der Waals surface area (Å²) in [4.78, 5) is 32.1. The predicted octanol–water partition coefficient (Wildman–Crippen LogP) is 2.94. The number of benzene rings is 2. The van der Waals surface area contributed by atoms with E-state index in [0.29, 0.717) is 23.6 Å². The second-order valence-corrected chi connectivity index (χ2v) is 5.65. The minimum absolute atomic E-state index is 0.222. The summed E-state index contributed by atoms with van der Waals surface area (Å²) in [5.74, 6) is -0.266. The zero-order chi connectivity index (χ0) is 19.1. The van der Waals surface area contributed by atoms with Crippen LogP contribution < -0.4 is 10.6 Å². The van der Waals surface area contributed by atoms with Crippen molar-refractivity contribution in [2.75, 3.05) is 12.4 Å². The molecule has 27 heavy (non-hydrogen) atoms. The van der Waals surface area contributed by atoms with Crippen LogP contribution in [0.5, 0.6) is 0 Å². The monoisotopic (exact) mass is 362 g/mol. The minimum Gasteiger partial charge on any atom is -0.465 e. The molecule has 7 nitrogen and oxygen atoms in total. The maximum atomic E-state index is 12.2. The van der Waals surface area contributed by atoms with Crippen molar-refractivity contribution in [1.29, 1.82) is 0 Å². The van der Waals surface area contributed by atoms with E-state index >= 15 is 0 Å². The summed E-state index contributed by atoms with van der Waals surface area (Å²) >= 11 is 0. The van der Waals surface area contributed by atoms with E-state index < -0.39 is 5.97 Å². The summed E-state index contributed by atoms with van der Waals surface area (Å²) in [7, 11) is 1.33. The van der Waals surface area contributed by atoms with Crippen molar-refractivity contribution in [2.45, 2.75) is 6.54 Å². The van der Waals surface area contributed by atoms with Gasteiger partial charge in [0.1, 0.15) is 11.5 Å². The first-order valence-corrected chi connectivity index (χ1v) is 8.25. The number of nitrogens with zero attached hydrogens (tertiary/aromatic N) is 2. The minimum atomic E-state index is -0.421. The van der Waals surface area contributed by atoms with Crippen LogP contribution in [0.2, 0.25) is 0 Å². The first-order valence-electron chi connectivity index (χ1n) is 8.25. The van der Waals surface area contributed by atoms with Crippen molar-refractivity contribution < 1.29 is 14.3 Å². The number of hydrogen-bond donors (Lipinski definition) is 2. The van der Waals surface area contributed by atoms with Gasteiger partial charge in [-0.25, -0.2) is 14.8 Å². The van der Waals surface area contributed by atoms with Crippen molar-refractivity contribution in [1.82, 2.24) is 15.3 Å². The number of anilines is 2. The highest BCUT2D eigenvalue weighted by Crippen LogP contribution is 2.16. The van der Waals surface area contributed by atoms with Gasteiger partial charge in [0.2, 0.25) is 0 Å². The maximum absolute atomic E-state index is 12.2. The highest BCUT2D eigenvalue weighted by molar-refractivity contribution is 5.92. The van der Waals surface area contributed by atoms with Gasteiger partial charge < -0.3 is 15.4 Å². The van der Waals surface area contributed by atoms with Crippen molar-refractivity contribution >= 4 is 23.4 Å². The Morgan fingerprint density at radius 1 is 1.00 bits per heavy atom. The third-order valence-corrected chi connectivity index (χ3v) is 3.74. The van der Waals surface area contributed by atoms with Crippen LogP contribution in [0.4, 0.5) is 11.5 Å². The zero-order valence-corrected chi connectivity index (χ0v) is 14.7. The number of amides is 1. The van der Waals surface area contributed by atoms with E-state index in [1.54, 1.807) is 24.3 Å². The first-order chi connectivity index (χ1) is 13.2. The summed E-state index contributed by atoms with van der Waals surface area (Å²) in [6.07, 6.45) is 2.86. The summed E-state index contributed by atoms with van der Waals surface area (Å²) in [6.45, 7) is 0.418. The molecule has 0 bridgehead atoms. The van der Waals surface area contributed by atoms with Gasteiger partial charge in [-0.2, -0.15) is 0 Å². The van der Waals surface area contributed by atoms with E-state index in [0.717, 1.165) is 5.56 Å². The van der Waals surface area contributed by atoms with E-state index in [2.05, 4.69) is 20.6 Å². The van der Waals surface area contributed by atoms with Crippen LogP contribution in [0.3, 0.4) is 0 Å². The molecule has 0 saturated heterocycles.